The van der Waals surface area contributed by atoms with Gasteiger partial charge in [-0.05, 0) is 98.3 Å². The Morgan fingerprint density at radius 2 is 1.15 bits per heavy atom. The highest BCUT2D eigenvalue weighted by molar-refractivity contribution is 7.26. The molecule has 0 aliphatic rings. The minimum atomic E-state index is -0.418. The summed E-state index contributed by atoms with van der Waals surface area (Å²) in [5.74, 6) is 0. The number of benzene rings is 8. The Bertz CT molecular complexity index is 2780. The van der Waals surface area contributed by atoms with Crippen LogP contribution in [0.5, 0.6) is 0 Å². The van der Waals surface area contributed by atoms with Gasteiger partial charge in [-0.1, -0.05) is 121 Å². The summed E-state index contributed by atoms with van der Waals surface area (Å²) < 4.78 is 45.7. The van der Waals surface area contributed by atoms with Crippen LogP contribution in [-0.4, -0.2) is 0 Å². The van der Waals surface area contributed by atoms with Gasteiger partial charge in [0.05, 0.1) is 6.85 Å². The molecule has 0 unspecified atom stereocenters. The monoisotopic (exact) mass is 608 g/mol. The maximum atomic E-state index is 9.01. The summed E-state index contributed by atoms with van der Waals surface area (Å²) in [5.41, 5.74) is 5.82. The predicted molar refractivity (Wildman–Crippen MR) is 200 cm³/mol. The van der Waals surface area contributed by atoms with E-state index < -0.39 is 6.04 Å². The highest BCUT2D eigenvalue weighted by Crippen LogP contribution is 2.46. The topological polar surface area (TPSA) is 3.24 Å². The van der Waals surface area contributed by atoms with E-state index >= 15 is 0 Å². The molecule has 1 nitrogen and oxygen atoms in total. The van der Waals surface area contributed by atoms with Crippen LogP contribution in [0.1, 0.15) is 6.85 Å². The second-order valence-electron chi connectivity index (χ2n) is 11.4. The first-order chi connectivity index (χ1) is 24.9. The molecule has 0 amide bonds. The van der Waals surface area contributed by atoms with Crippen LogP contribution in [0.3, 0.4) is 0 Å². The molecule has 46 heavy (non-hydrogen) atoms. The normalized spacial score (nSPS) is 13.0. The molecule has 0 N–H and O–H groups in total. The summed E-state index contributed by atoms with van der Waals surface area (Å²) in [6, 6.07) is 48.2. The number of nitrogens with zero attached hydrogens (tertiary/aromatic N) is 1. The quantitative estimate of drug-likeness (QED) is 0.188. The van der Waals surface area contributed by atoms with Gasteiger partial charge in [-0.15, -0.1) is 11.3 Å². The first-order valence-corrected chi connectivity index (χ1v) is 16.1. The molecule has 0 saturated heterocycles. The molecular formula is C44H29NS. The first-order valence-electron chi connectivity index (χ1n) is 17.8. The number of hydrogen-bond donors (Lipinski definition) is 0. The maximum absolute atomic E-state index is 9.01. The van der Waals surface area contributed by atoms with E-state index in [1.54, 1.807) is 16.2 Å². The van der Waals surface area contributed by atoms with Crippen molar-refractivity contribution in [3.63, 3.8) is 0 Å². The van der Waals surface area contributed by atoms with E-state index in [0.29, 0.717) is 11.4 Å². The summed E-state index contributed by atoms with van der Waals surface area (Å²) in [4.78, 5) is 1.80. The summed E-state index contributed by atoms with van der Waals surface area (Å²) in [7, 11) is 0. The van der Waals surface area contributed by atoms with E-state index in [1.807, 2.05) is 48.5 Å². The van der Waals surface area contributed by atoms with Crippen LogP contribution in [0.4, 0.5) is 17.1 Å². The summed E-state index contributed by atoms with van der Waals surface area (Å²) >= 11 is 1.75. The summed E-state index contributed by atoms with van der Waals surface area (Å²) in [5, 5.41) is 6.85. The molecule has 9 rings (SSSR count). The van der Waals surface area contributed by atoms with Gasteiger partial charge in [-0.25, -0.2) is 0 Å². The Balaban J connectivity index is 1.28. The van der Waals surface area contributed by atoms with Crippen LogP contribution in [0.2, 0.25) is 0 Å². The molecule has 2 heteroatoms. The molecule has 0 spiro atoms. The van der Waals surface area contributed by atoms with E-state index in [1.165, 1.54) is 20.9 Å². The van der Waals surface area contributed by atoms with Gasteiger partial charge in [0.2, 0.25) is 0 Å². The second-order valence-corrected chi connectivity index (χ2v) is 12.5. The molecule has 0 aliphatic heterocycles. The zero-order valence-electron chi connectivity index (χ0n) is 29.7. The van der Waals surface area contributed by atoms with Crippen molar-refractivity contribution in [2.75, 3.05) is 4.90 Å². The van der Waals surface area contributed by atoms with Gasteiger partial charge in [-0.3, -0.25) is 0 Å². The van der Waals surface area contributed by atoms with Crippen LogP contribution < -0.4 is 4.90 Å². The van der Waals surface area contributed by atoms with Gasteiger partial charge in [-0.2, -0.15) is 0 Å². The van der Waals surface area contributed by atoms with E-state index in [0.717, 1.165) is 43.1 Å². The molecule has 216 valence electrons. The predicted octanol–water partition coefficient (Wildman–Crippen LogP) is 13.2. The lowest BCUT2D eigenvalue weighted by molar-refractivity contribution is 1.29. The Labute approximate surface area is 279 Å². The van der Waals surface area contributed by atoms with Crippen LogP contribution >= 0.6 is 11.3 Å². The number of thiophene rings is 1. The summed E-state index contributed by atoms with van der Waals surface area (Å²) in [6.45, 7) is 0. The third-order valence-electron chi connectivity index (χ3n) is 8.71. The van der Waals surface area contributed by atoms with Crippen molar-refractivity contribution in [3.8, 4) is 22.3 Å². The first kappa shape index (κ1) is 21.9. The second kappa shape index (κ2) is 11.0. The number of anilines is 3. The Hall–Kier alpha value is -5.70. The lowest BCUT2D eigenvalue weighted by Gasteiger charge is -2.26. The molecule has 0 aliphatic carbocycles. The smallest absolute Gasteiger partial charge is 0.0645 e. The van der Waals surface area contributed by atoms with Crippen molar-refractivity contribution in [3.05, 3.63) is 176 Å². The molecule has 1 heterocycles. The number of fused-ring (bicyclic) bond motifs is 6. The van der Waals surface area contributed by atoms with Crippen molar-refractivity contribution in [2.45, 2.75) is 0 Å². The van der Waals surface area contributed by atoms with E-state index in [2.05, 4.69) is 97.1 Å². The molecule has 9 aromatic rings. The average Bonchev–Trinajstić information content (AvgIpc) is 3.57. The Morgan fingerprint density at radius 1 is 0.457 bits per heavy atom. The van der Waals surface area contributed by atoms with E-state index in [9.17, 15) is 0 Å². The van der Waals surface area contributed by atoms with Crippen LogP contribution in [0.25, 0.3) is 64.0 Å². The molecular weight excluding hydrogens is 575 g/mol. The maximum Gasteiger partial charge on any atom is 0.0645 e. The standard InChI is InChI=1S/C44H29NS/c1-3-12-32(13-4-1)40-28-35-15-9-10-18-39(35)44-43(40)41-29-38(25-26-42(41)46-44)45(36-16-5-2-6-17-36)37-23-21-31(22-24-37)34-20-19-30-11-7-8-14-33(30)27-34/h1-29H/i2D,5D,6D,16D,17D. The van der Waals surface area contributed by atoms with Crippen molar-refractivity contribution < 1.29 is 6.85 Å². The van der Waals surface area contributed by atoms with Gasteiger partial charge in [0.1, 0.15) is 0 Å². The minimum Gasteiger partial charge on any atom is -0.310 e. The van der Waals surface area contributed by atoms with E-state index in [4.69, 9.17) is 6.85 Å². The third kappa shape index (κ3) is 4.54. The van der Waals surface area contributed by atoms with Crippen LogP contribution in [0.15, 0.2) is 176 Å². The van der Waals surface area contributed by atoms with Gasteiger partial charge in [0, 0.05) is 37.2 Å². The average molecular weight is 609 g/mol. The van der Waals surface area contributed by atoms with Crippen molar-refractivity contribution in [1.82, 2.24) is 0 Å². The minimum absolute atomic E-state index is 0.104. The summed E-state index contributed by atoms with van der Waals surface area (Å²) in [6.07, 6.45) is 0. The zero-order valence-corrected chi connectivity index (χ0v) is 25.5. The van der Waals surface area contributed by atoms with Crippen molar-refractivity contribution in [1.29, 1.82) is 0 Å². The molecule has 1 aromatic heterocycles. The number of hydrogen-bond acceptors (Lipinski definition) is 2. The Kier molecular flexibility index (Phi) is 5.25. The Morgan fingerprint density at radius 3 is 1.98 bits per heavy atom. The van der Waals surface area contributed by atoms with Gasteiger partial charge < -0.3 is 4.90 Å². The fourth-order valence-corrected chi connectivity index (χ4v) is 7.76. The fourth-order valence-electron chi connectivity index (χ4n) is 6.52. The SMILES string of the molecule is [2H]c1c([2H])c([2H])c(N(c2ccc(-c3ccc4ccccc4c3)cc2)c2ccc3sc4c5ccccc5cc(-c5ccccc5)c4c3c2)c([2H])c1[2H]. The van der Waals surface area contributed by atoms with Gasteiger partial charge in [0.15, 0.2) is 0 Å². The van der Waals surface area contributed by atoms with Crippen molar-refractivity contribution in [2.24, 2.45) is 0 Å². The molecule has 0 bridgehead atoms. The molecule has 8 aromatic carbocycles. The van der Waals surface area contributed by atoms with Crippen LogP contribution in [0, 0.1) is 0 Å². The molecule has 0 atom stereocenters. The van der Waals surface area contributed by atoms with E-state index in [-0.39, 0.29) is 29.9 Å². The highest BCUT2D eigenvalue weighted by atomic mass is 32.1. The lowest BCUT2D eigenvalue weighted by atomic mass is 9.95. The number of para-hydroxylation sites is 1. The highest BCUT2D eigenvalue weighted by Gasteiger charge is 2.18. The largest absolute Gasteiger partial charge is 0.310 e. The number of rotatable bonds is 5. The van der Waals surface area contributed by atoms with Crippen LogP contribution in [-0.2, 0) is 0 Å². The fraction of sp³-hybridized carbons (Fsp3) is 0. The molecule has 0 fully saturated rings. The van der Waals surface area contributed by atoms with Gasteiger partial charge >= 0.3 is 0 Å². The zero-order chi connectivity index (χ0) is 34.8. The lowest BCUT2D eigenvalue weighted by Crippen LogP contribution is -2.09. The van der Waals surface area contributed by atoms with Crippen molar-refractivity contribution >= 4 is 70.1 Å². The molecule has 0 radical (unpaired) electrons. The van der Waals surface area contributed by atoms with Gasteiger partial charge in [0.25, 0.3) is 0 Å². The third-order valence-corrected chi connectivity index (χ3v) is 9.91. The molecule has 0 saturated carbocycles.